The minimum Gasteiger partial charge on any atom is -0.383 e. The van der Waals surface area contributed by atoms with Crippen molar-refractivity contribution < 1.29 is 0 Å². The number of hydrogen-bond acceptors (Lipinski definition) is 5. The molecule has 6 heteroatoms. The summed E-state index contributed by atoms with van der Waals surface area (Å²) >= 11 is 0. The molecule has 2 heterocycles. The van der Waals surface area contributed by atoms with E-state index in [1.165, 1.54) is 6.33 Å². The van der Waals surface area contributed by atoms with Gasteiger partial charge in [0.15, 0.2) is 11.6 Å². The fourth-order valence-corrected chi connectivity index (χ4v) is 1.07. The van der Waals surface area contributed by atoms with Gasteiger partial charge in [0.05, 0.1) is 0 Å². The highest BCUT2D eigenvalue weighted by molar-refractivity contribution is 5.50. The quantitative estimate of drug-likeness (QED) is 0.681. The molecule has 0 amide bonds. The van der Waals surface area contributed by atoms with E-state index in [-0.39, 0.29) is 0 Å². The maximum atomic E-state index is 5.71. The number of nitrogen functional groups attached to an aromatic ring is 1. The molecule has 14 heavy (non-hydrogen) atoms. The average Bonchev–Trinajstić information content (AvgIpc) is 2.66. The maximum Gasteiger partial charge on any atom is 0.199 e. The molecule has 0 aliphatic carbocycles. The first-order chi connectivity index (χ1) is 6.68. The molecule has 0 spiro atoms. The van der Waals surface area contributed by atoms with Crippen molar-refractivity contribution in [3.63, 3.8) is 0 Å². The molecule has 2 aromatic heterocycles. The van der Waals surface area contributed by atoms with Crippen molar-refractivity contribution in [1.82, 2.24) is 25.1 Å². The molecule has 0 fully saturated rings. The molecule has 2 rings (SSSR count). The zero-order valence-electron chi connectivity index (χ0n) is 7.94. The Hall–Kier alpha value is -1.98. The van der Waals surface area contributed by atoms with Crippen LogP contribution in [-0.2, 0) is 0 Å². The number of rotatable bonds is 1. The topological polar surface area (TPSA) is 93.4 Å². The zero-order valence-corrected chi connectivity index (χ0v) is 7.94. The first-order valence-electron chi connectivity index (χ1n) is 4.15. The Labute approximate surface area is 80.6 Å². The van der Waals surface area contributed by atoms with Crippen molar-refractivity contribution in [3.8, 4) is 11.6 Å². The van der Waals surface area contributed by atoms with E-state index >= 15 is 0 Å². The molecular formula is C8H10N6. The van der Waals surface area contributed by atoms with Crippen LogP contribution in [0.1, 0.15) is 11.3 Å². The van der Waals surface area contributed by atoms with E-state index in [9.17, 15) is 0 Å². The summed E-state index contributed by atoms with van der Waals surface area (Å²) < 4.78 is 0. The van der Waals surface area contributed by atoms with Crippen molar-refractivity contribution in [2.45, 2.75) is 13.8 Å². The lowest BCUT2D eigenvalue weighted by Gasteiger charge is -2.04. The van der Waals surface area contributed by atoms with E-state index in [4.69, 9.17) is 5.73 Å². The van der Waals surface area contributed by atoms with E-state index < -0.39 is 0 Å². The first kappa shape index (κ1) is 8.61. The van der Waals surface area contributed by atoms with Gasteiger partial charge in [-0.1, -0.05) is 0 Å². The highest BCUT2D eigenvalue weighted by atomic mass is 15.2. The summed E-state index contributed by atoms with van der Waals surface area (Å²) in [5, 5.41) is 6.41. The van der Waals surface area contributed by atoms with Crippen LogP contribution in [0.4, 0.5) is 5.82 Å². The Bertz CT molecular complexity index is 424. The number of aromatic amines is 1. The summed E-state index contributed by atoms with van der Waals surface area (Å²) in [5.41, 5.74) is 7.46. The maximum absolute atomic E-state index is 5.71. The number of hydrogen-bond donors (Lipinski definition) is 2. The van der Waals surface area contributed by atoms with E-state index in [1.807, 2.05) is 13.8 Å². The fourth-order valence-electron chi connectivity index (χ4n) is 1.07. The second kappa shape index (κ2) is 3.06. The van der Waals surface area contributed by atoms with Crippen LogP contribution >= 0.6 is 0 Å². The standard InChI is InChI=1S/C8H10N6/c1-4-5(2)12-8(13-6(4)9)7-10-3-11-14-7/h3H,1-2H3,(H2,9,12,13)(H,10,11,14). The van der Waals surface area contributed by atoms with Crippen molar-refractivity contribution in [2.75, 3.05) is 5.73 Å². The van der Waals surface area contributed by atoms with Gasteiger partial charge >= 0.3 is 0 Å². The van der Waals surface area contributed by atoms with Crippen LogP contribution < -0.4 is 5.73 Å². The zero-order chi connectivity index (χ0) is 10.1. The molecule has 0 aliphatic rings. The van der Waals surface area contributed by atoms with E-state index in [0.29, 0.717) is 17.5 Å². The summed E-state index contributed by atoms with van der Waals surface area (Å²) in [4.78, 5) is 12.3. The van der Waals surface area contributed by atoms with E-state index in [0.717, 1.165) is 11.3 Å². The number of H-pyrrole nitrogens is 1. The Morgan fingerprint density at radius 1 is 1.29 bits per heavy atom. The molecule has 0 saturated carbocycles. The van der Waals surface area contributed by atoms with Gasteiger partial charge in [0.1, 0.15) is 12.1 Å². The van der Waals surface area contributed by atoms with Crippen molar-refractivity contribution in [2.24, 2.45) is 0 Å². The largest absolute Gasteiger partial charge is 0.383 e. The highest BCUT2D eigenvalue weighted by Crippen LogP contribution is 2.15. The van der Waals surface area contributed by atoms with Gasteiger partial charge in [0.2, 0.25) is 0 Å². The molecule has 0 aromatic carbocycles. The van der Waals surface area contributed by atoms with Crippen LogP contribution in [-0.4, -0.2) is 25.1 Å². The third-order valence-electron chi connectivity index (χ3n) is 2.05. The first-order valence-corrected chi connectivity index (χ1v) is 4.15. The molecule has 6 nitrogen and oxygen atoms in total. The van der Waals surface area contributed by atoms with Crippen LogP contribution in [0.3, 0.4) is 0 Å². The van der Waals surface area contributed by atoms with Crippen LogP contribution in [0.15, 0.2) is 6.33 Å². The third kappa shape index (κ3) is 1.30. The van der Waals surface area contributed by atoms with E-state index in [1.54, 1.807) is 0 Å². The van der Waals surface area contributed by atoms with Crippen LogP contribution in [0.25, 0.3) is 11.6 Å². The van der Waals surface area contributed by atoms with Crippen LogP contribution in [0.2, 0.25) is 0 Å². The van der Waals surface area contributed by atoms with Crippen molar-refractivity contribution >= 4 is 5.82 Å². The minimum absolute atomic E-state index is 0.475. The van der Waals surface area contributed by atoms with Crippen LogP contribution in [0, 0.1) is 13.8 Å². The molecule has 0 atom stereocenters. The number of nitrogens with zero attached hydrogens (tertiary/aromatic N) is 4. The van der Waals surface area contributed by atoms with Gasteiger partial charge in [0.25, 0.3) is 0 Å². The lowest BCUT2D eigenvalue weighted by Crippen LogP contribution is -2.02. The smallest absolute Gasteiger partial charge is 0.199 e. The van der Waals surface area contributed by atoms with Crippen molar-refractivity contribution in [3.05, 3.63) is 17.6 Å². The van der Waals surface area contributed by atoms with Gasteiger partial charge in [-0.3, -0.25) is 5.10 Å². The lowest BCUT2D eigenvalue weighted by molar-refractivity contribution is 1.03. The monoisotopic (exact) mass is 190 g/mol. The Morgan fingerprint density at radius 3 is 2.64 bits per heavy atom. The molecule has 3 N–H and O–H groups in total. The number of aromatic nitrogens is 5. The summed E-state index contributed by atoms with van der Waals surface area (Å²) in [6, 6.07) is 0. The SMILES string of the molecule is Cc1nc(-c2ncn[nH]2)nc(N)c1C. The van der Waals surface area contributed by atoms with Gasteiger partial charge in [-0.2, -0.15) is 5.10 Å². The molecule has 0 bridgehead atoms. The molecule has 72 valence electrons. The summed E-state index contributed by atoms with van der Waals surface area (Å²) in [5.74, 6) is 1.48. The average molecular weight is 190 g/mol. The summed E-state index contributed by atoms with van der Waals surface area (Å²) in [7, 11) is 0. The predicted octanol–water partition coefficient (Wildman–Crippen LogP) is 0.461. The molecule has 0 radical (unpaired) electrons. The predicted molar refractivity (Wildman–Crippen MR) is 51.3 cm³/mol. The molecular weight excluding hydrogens is 180 g/mol. The van der Waals surface area contributed by atoms with Gasteiger partial charge in [0, 0.05) is 11.3 Å². The van der Waals surface area contributed by atoms with Gasteiger partial charge in [-0.15, -0.1) is 0 Å². The van der Waals surface area contributed by atoms with Crippen LogP contribution in [0.5, 0.6) is 0 Å². The Balaban J connectivity index is 2.57. The summed E-state index contributed by atoms with van der Waals surface area (Å²) in [6.45, 7) is 3.77. The fraction of sp³-hybridized carbons (Fsp3) is 0.250. The third-order valence-corrected chi connectivity index (χ3v) is 2.05. The lowest BCUT2D eigenvalue weighted by atomic mass is 10.2. The minimum atomic E-state index is 0.475. The second-order valence-corrected chi connectivity index (χ2v) is 2.98. The van der Waals surface area contributed by atoms with E-state index in [2.05, 4.69) is 25.1 Å². The highest BCUT2D eigenvalue weighted by Gasteiger charge is 2.08. The Morgan fingerprint density at radius 2 is 2.07 bits per heavy atom. The number of nitrogens with two attached hydrogens (primary N) is 1. The number of aryl methyl sites for hydroxylation is 1. The second-order valence-electron chi connectivity index (χ2n) is 2.98. The summed E-state index contributed by atoms with van der Waals surface area (Å²) in [6.07, 6.45) is 1.41. The molecule has 2 aromatic rings. The van der Waals surface area contributed by atoms with Gasteiger partial charge in [-0.05, 0) is 13.8 Å². The number of nitrogens with one attached hydrogen (secondary N) is 1. The molecule has 0 aliphatic heterocycles. The van der Waals surface area contributed by atoms with Gasteiger partial charge < -0.3 is 5.73 Å². The van der Waals surface area contributed by atoms with Gasteiger partial charge in [-0.25, -0.2) is 15.0 Å². The molecule has 0 saturated heterocycles. The number of anilines is 1. The molecule has 0 unspecified atom stereocenters. The van der Waals surface area contributed by atoms with Crippen molar-refractivity contribution in [1.29, 1.82) is 0 Å². The normalized spacial score (nSPS) is 10.4. The Kier molecular flexibility index (Phi) is 1.88.